The first kappa shape index (κ1) is 8.95. The third-order valence-electron chi connectivity index (χ3n) is 2.59. The van der Waals surface area contributed by atoms with Crippen molar-refractivity contribution in [2.45, 2.75) is 19.8 Å². The number of nitrogens with one attached hydrogen (secondary N) is 1. The second-order valence-corrected chi connectivity index (χ2v) is 3.81. The van der Waals surface area contributed by atoms with Crippen molar-refractivity contribution in [1.82, 2.24) is 5.32 Å². The van der Waals surface area contributed by atoms with E-state index in [9.17, 15) is 0 Å². The maximum absolute atomic E-state index is 6.25. The van der Waals surface area contributed by atoms with Gasteiger partial charge in [-0.3, -0.25) is 0 Å². The Labute approximate surface area is 83.6 Å². The second kappa shape index (κ2) is 3.62. The molecule has 0 amide bonds. The van der Waals surface area contributed by atoms with Gasteiger partial charge in [-0.2, -0.15) is 0 Å². The highest BCUT2D eigenvalue weighted by Crippen LogP contribution is 2.34. The third-order valence-corrected chi connectivity index (χ3v) is 3.08. The summed E-state index contributed by atoms with van der Waals surface area (Å²) in [6.45, 7) is 3.77. The molecule has 3 heteroatoms. The molecule has 1 saturated heterocycles. The van der Waals surface area contributed by atoms with Gasteiger partial charge in [-0.05, 0) is 18.9 Å². The quantitative estimate of drug-likeness (QED) is 0.700. The molecule has 2 nitrogen and oxygen atoms in total. The number of rotatable bonds is 1. The average Bonchev–Trinajstić information content (AvgIpc) is 2.19. The van der Waals surface area contributed by atoms with Crippen LogP contribution in [0.1, 0.15) is 19.8 Å². The molecule has 2 rings (SSSR count). The highest BCUT2D eigenvalue weighted by molar-refractivity contribution is 6.30. The van der Waals surface area contributed by atoms with Gasteiger partial charge < -0.3 is 10.1 Å². The first-order chi connectivity index (χ1) is 6.33. The van der Waals surface area contributed by atoms with E-state index in [0.717, 1.165) is 42.5 Å². The average molecular weight is 200 g/mol. The number of fused-ring (bicyclic) bond motifs is 1. The molecule has 1 aliphatic heterocycles. The Hall–Kier alpha value is -0.630. The maximum atomic E-state index is 6.25. The highest BCUT2D eigenvalue weighted by Gasteiger charge is 2.24. The molecular formula is C10H14ClNO. The van der Waals surface area contributed by atoms with E-state index in [1.165, 1.54) is 0 Å². The van der Waals surface area contributed by atoms with Crippen LogP contribution in [0.25, 0.3) is 0 Å². The molecule has 0 saturated carbocycles. The Morgan fingerprint density at radius 3 is 3.31 bits per heavy atom. The van der Waals surface area contributed by atoms with Gasteiger partial charge in [-0.15, -0.1) is 0 Å². The topological polar surface area (TPSA) is 21.3 Å². The van der Waals surface area contributed by atoms with E-state index in [1.54, 1.807) is 0 Å². The van der Waals surface area contributed by atoms with Crippen LogP contribution in [0.2, 0.25) is 0 Å². The van der Waals surface area contributed by atoms with Crippen molar-refractivity contribution in [3.05, 3.63) is 22.6 Å². The van der Waals surface area contributed by atoms with E-state index in [2.05, 4.69) is 18.3 Å². The molecule has 1 unspecified atom stereocenters. The summed E-state index contributed by atoms with van der Waals surface area (Å²) in [5.41, 5.74) is 1.02. The lowest BCUT2D eigenvalue weighted by molar-refractivity contribution is 0.191. The number of hydrogen-bond donors (Lipinski definition) is 1. The number of ether oxygens (including phenoxy) is 1. The Morgan fingerprint density at radius 2 is 2.54 bits per heavy atom. The Balaban J connectivity index is 2.26. The van der Waals surface area contributed by atoms with Crippen molar-refractivity contribution in [2.75, 3.05) is 13.2 Å². The van der Waals surface area contributed by atoms with Gasteiger partial charge in [0, 0.05) is 17.5 Å². The summed E-state index contributed by atoms with van der Waals surface area (Å²) in [4.78, 5) is 0. The summed E-state index contributed by atoms with van der Waals surface area (Å²) in [7, 11) is 0. The second-order valence-electron chi connectivity index (χ2n) is 3.41. The molecule has 0 aromatic heterocycles. The van der Waals surface area contributed by atoms with Crippen LogP contribution in [0, 0.1) is 5.92 Å². The van der Waals surface area contributed by atoms with E-state index in [4.69, 9.17) is 16.3 Å². The number of hydrogen-bond acceptors (Lipinski definition) is 2. The molecule has 0 bridgehead atoms. The molecule has 13 heavy (non-hydrogen) atoms. The largest absolute Gasteiger partial charge is 0.490 e. The van der Waals surface area contributed by atoms with Gasteiger partial charge in [0.15, 0.2) is 0 Å². The number of allylic oxidation sites excluding steroid dienone is 2. The van der Waals surface area contributed by atoms with E-state index in [-0.39, 0.29) is 0 Å². The summed E-state index contributed by atoms with van der Waals surface area (Å²) in [6, 6.07) is 0. The zero-order valence-corrected chi connectivity index (χ0v) is 8.53. The van der Waals surface area contributed by atoms with Crippen molar-refractivity contribution in [3.63, 3.8) is 0 Å². The minimum atomic E-state index is 0.481. The molecule has 0 aromatic carbocycles. The van der Waals surface area contributed by atoms with E-state index < -0.39 is 0 Å². The van der Waals surface area contributed by atoms with Gasteiger partial charge in [0.05, 0.1) is 5.70 Å². The molecule has 1 heterocycles. The number of halogens is 1. The van der Waals surface area contributed by atoms with Gasteiger partial charge >= 0.3 is 0 Å². The highest BCUT2D eigenvalue weighted by atomic mass is 35.5. The van der Waals surface area contributed by atoms with E-state index in [0.29, 0.717) is 5.92 Å². The van der Waals surface area contributed by atoms with Crippen LogP contribution in [-0.4, -0.2) is 13.2 Å². The normalized spacial score (nSPS) is 27.2. The zero-order chi connectivity index (χ0) is 9.26. The molecule has 0 aromatic rings. The van der Waals surface area contributed by atoms with Gasteiger partial charge in [0.1, 0.15) is 12.4 Å². The lowest BCUT2D eigenvalue weighted by atomic mass is 9.95. The van der Waals surface area contributed by atoms with Crippen molar-refractivity contribution < 1.29 is 4.74 Å². The molecule has 1 N–H and O–H groups in total. The first-order valence-corrected chi connectivity index (χ1v) is 5.17. The van der Waals surface area contributed by atoms with Crippen LogP contribution in [0.4, 0.5) is 0 Å². The summed E-state index contributed by atoms with van der Waals surface area (Å²) >= 11 is 6.25. The summed E-state index contributed by atoms with van der Waals surface area (Å²) in [6.07, 6.45) is 4.24. The molecule has 0 radical (unpaired) electrons. The van der Waals surface area contributed by atoms with Crippen LogP contribution in [0.5, 0.6) is 0 Å². The fourth-order valence-electron chi connectivity index (χ4n) is 1.76. The van der Waals surface area contributed by atoms with Gasteiger partial charge in [0.25, 0.3) is 0 Å². The van der Waals surface area contributed by atoms with Crippen molar-refractivity contribution in [3.8, 4) is 0 Å². The predicted molar refractivity (Wildman–Crippen MR) is 53.3 cm³/mol. The Morgan fingerprint density at radius 1 is 1.69 bits per heavy atom. The fourth-order valence-corrected chi connectivity index (χ4v) is 2.17. The molecule has 0 spiro atoms. The van der Waals surface area contributed by atoms with Crippen molar-refractivity contribution in [2.24, 2.45) is 5.92 Å². The van der Waals surface area contributed by atoms with E-state index >= 15 is 0 Å². The molecule has 72 valence electrons. The molecule has 2 aliphatic rings. The third kappa shape index (κ3) is 1.55. The van der Waals surface area contributed by atoms with Crippen LogP contribution in [-0.2, 0) is 4.74 Å². The zero-order valence-electron chi connectivity index (χ0n) is 7.77. The standard InChI is InChI=1S/C10H14ClNO/c1-2-7-3-4-8-10(9(7)11)12-5-6-13-8/h4,7,12H,2-3,5-6H2,1H3. The Bertz CT molecular complexity index is 270. The lowest BCUT2D eigenvalue weighted by Gasteiger charge is -2.29. The van der Waals surface area contributed by atoms with Gasteiger partial charge in [0.2, 0.25) is 0 Å². The SMILES string of the molecule is CCC1CC=C2OCCNC2=C1Cl. The first-order valence-electron chi connectivity index (χ1n) is 4.79. The maximum Gasteiger partial charge on any atom is 0.139 e. The van der Waals surface area contributed by atoms with Gasteiger partial charge in [-0.25, -0.2) is 0 Å². The molecule has 1 fully saturated rings. The fraction of sp³-hybridized carbons (Fsp3) is 0.600. The monoisotopic (exact) mass is 199 g/mol. The summed E-state index contributed by atoms with van der Waals surface area (Å²) in [5.74, 6) is 1.43. The van der Waals surface area contributed by atoms with Gasteiger partial charge in [-0.1, -0.05) is 18.5 Å². The number of morpholine rings is 1. The summed E-state index contributed by atoms with van der Waals surface area (Å²) < 4.78 is 5.50. The van der Waals surface area contributed by atoms with Crippen molar-refractivity contribution in [1.29, 1.82) is 0 Å². The van der Waals surface area contributed by atoms with Crippen LogP contribution >= 0.6 is 11.6 Å². The molecule has 1 aliphatic carbocycles. The van der Waals surface area contributed by atoms with Crippen molar-refractivity contribution >= 4 is 11.6 Å². The minimum Gasteiger partial charge on any atom is -0.490 e. The lowest BCUT2D eigenvalue weighted by Crippen LogP contribution is -2.30. The molecule has 1 atom stereocenters. The van der Waals surface area contributed by atoms with E-state index in [1.807, 2.05) is 0 Å². The smallest absolute Gasteiger partial charge is 0.139 e. The predicted octanol–water partition coefficient (Wildman–Crippen LogP) is 2.37. The minimum absolute atomic E-state index is 0.481. The Kier molecular flexibility index (Phi) is 2.49. The van der Waals surface area contributed by atoms with Crippen LogP contribution < -0.4 is 5.32 Å². The van der Waals surface area contributed by atoms with Crippen LogP contribution in [0.3, 0.4) is 0 Å². The summed E-state index contributed by atoms with van der Waals surface area (Å²) in [5, 5.41) is 4.23. The molecular weight excluding hydrogens is 186 g/mol. The van der Waals surface area contributed by atoms with Crippen LogP contribution in [0.15, 0.2) is 22.6 Å².